The van der Waals surface area contributed by atoms with Crippen LogP contribution in [0.1, 0.15) is 21.5 Å². The van der Waals surface area contributed by atoms with E-state index in [-0.39, 0.29) is 29.5 Å². The summed E-state index contributed by atoms with van der Waals surface area (Å²) in [5.74, 6) is -0.443. The summed E-state index contributed by atoms with van der Waals surface area (Å²) in [6.45, 7) is 3.86. The molecule has 1 amide bonds. The lowest BCUT2D eigenvalue weighted by Gasteiger charge is -2.14. The van der Waals surface area contributed by atoms with Gasteiger partial charge < -0.3 is 5.32 Å². The van der Waals surface area contributed by atoms with Crippen LogP contribution in [0.2, 0.25) is 0 Å². The molecule has 1 N–H and O–H groups in total. The summed E-state index contributed by atoms with van der Waals surface area (Å²) in [6, 6.07) is 21.9. The summed E-state index contributed by atoms with van der Waals surface area (Å²) < 4.78 is 1.55. The molecule has 6 nitrogen and oxygen atoms in total. The number of carbonyl (C=O) groups excluding carboxylic acids is 2. The van der Waals surface area contributed by atoms with Gasteiger partial charge in [-0.2, -0.15) is 0 Å². The van der Waals surface area contributed by atoms with Gasteiger partial charge in [0.15, 0.2) is 10.9 Å². The van der Waals surface area contributed by atoms with E-state index in [1.165, 1.54) is 11.8 Å². The number of hydrogen-bond donors (Lipinski definition) is 1. The molecule has 7 heteroatoms. The van der Waals surface area contributed by atoms with E-state index < -0.39 is 0 Å². The van der Waals surface area contributed by atoms with Crippen LogP contribution in [0.15, 0.2) is 82.7 Å². The highest BCUT2D eigenvalue weighted by Gasteiger charge is 2.16. The second-order valence-electron chi connectivity index (χ2n) is 7.75. The minimum atomic E-state index is -0.307. The third-order valence-corrected chi connectivity index (χ3v) is 6.02. The Labute approximate surface area is 195 Å². The van der Waals surface area contributed by atoms with Crippen LogP contribution < -0.4 is 10.9 Å². The number of thioether (sulfide) groups is 1. The molecule has 1 heterocycles. The number of aromatic nitrogens is 2. The molecule has 0 aliphatic heterocycles. The first kappa shape index (κ1) is 22.5. The molecule has 4 aromatic rings. The monoisotopic (exact) mass is 457 g/mol. The zero-order valence-corrected chi connectivity index (χ0v) is 19.2. The second kappa shape index (κ2) is 9.83. The fourth-order valence-corrected chi connectivity index (χ4v) is 4.45. The highest BCUT2D eigenvalue weighted by Crippen LogP contribution is 2.22. The van der Waals surface area contributed by atoms with Crippen molar-refractivity contribution in [1.82, 2.24) is 14.9 Å². The lowest BCUT2D eigenvalue weighted by Crippen LogP contribution is -2.31. The quantitative estimate of drug-likeness (QED) is 0.257. The molecule has 33 heavy (non-hydrogen) atoms. The van der Waals surface area contributed by atoms with Crippen molar-refractivity contribution in [3.8, 4) is 5.69 Å². The third-order valence-electron chi connectivity index (χ3n) is 5.08. The molecule has 0 saturated carbocycles. The highest BCUT2D eigenvalue weighted by molar-refractivity contribution is 7.99. The van der Waals surface area contributed by atoms with Crippen molar-refractivity contribution in [1.29, 1.82) is 0 Å². The molecule has 3 aromatic carbocycles. The number of rotatable bonds is 7. The molecular formula is C26H23N3O3S. The molecule has 166 valence electrons. The van der Waals surface area contributed by atoms with E-state index in [0.29, 0.717) is 27.3 Å². The van der Waals surface area contributed by atoms with E-state index in [2.05, 4.69) is 10.3 Å². The second-order valence-corrected chi connectivity index (χ2v) is 8.70. The van der Waals surface area contributed by atoms with Crippen LogP contribution in [0.5, 0.6) is 0 Å². The first-order valence-corrected chi connectivity index (χ1v) is 11.5. The van der Waals surface area contributed by atoms with E-state index in [0.717, 1.165) is 11.1 Å². The lowest BCUT2D eigenvalue weighted by molar-refractivity contribution is -0.118. The van der Waals surface area contributed by atoms with Crippen molar-refractivity contribution < 1.29 is 9.59 Å². The Balaban J connectivity index is 1.58. The maximum absolute atomic E-state index is 13.4. The van der Waals surface area contributed by atoms with Gasteiger partial charge in [-0.1, -0.05) is 60.3 Å². The van der Waals surface area contributed by atoms with Gasteiger partial charge in [0.1, 0.15) is 0 Å². The van der Waals surface area contributed by atoms with Crippen LogP contribution in [0.4, 0.5) is 0 Å². The molecule has 0 atom stereocenters. The molecule has 4 rings (SSSR count). The summed E-state index contributed by atoms with van der Waals surface area (Å²) >= 11 is 1.17. The number of ketones is 1. The summed E-state index contributed by atoms with van der Waals surface area (Å²) in [6.07, 6.45) is 0. The van der Waals surface area contributed by atoms with Gasteiger partial charge in [-0.05, 0) is 49.2 Å². The zero-order valence-electron chi connectivity index (χ0n) is 18.4. The number of carbonyl (C=O) groups is 2. The topological polar surface area (TPSA) is 81.1 Å². The van der Waals surface area contributed by atoms with Crippen molar-refractivity contribution in [2.45, 2.75) is 19.0 Å². The van der Waals surface area contributed by atoms with E-state index in [9.17, 15) is 14.4 Å². The van der Waals surface area contributed by atoms with Crippen molar-refractivity contribution in [3.05, 3.63) is 99.8 Å². The number of Topliss-reactive ketones (excluding diaryl/α,β-unsaturated/α-hetero) is 1. The van der Waals surface area contributed by atoms with E-state index in [1.54, 1.807) is 47.0 Å². The van der Waals surface area contributed by atoms with Gasteiger partial charge in [-0.15, -0.1) is 0 Å². The fourth-order valence-electron chi connectivity index (χ4n) is 3.60. The third kappa shape index (κ3) is 5.21. The number of hydrogen-bond acceptors (Lipinski definition) is 5. The molecule has 0 spiro atoms. The number of aryl methyl sites for hydroxylation is 2. The van der Waals surface area contributed by atoms with Gasteiger partial charge in [-0.25, -0.2) is 4.98 Å². The first-order chi connectivity index (χ1) is 15.9. The zero-order chi connectivity index (χ0) is 23.4. The molecule has 0 aliphatic carbocycles. The van der Waals surface area contributed by atoms with Crippen LogP contribution >= 0.6 is 11.8 Å². The Morgan fingerprint density at radius 2 is 1.61 bits per heavy atom. The van der Waals surface area contributed by atoms with Gasteiger partial charge in [0.2, 0.25) is 5.91 Å². The smallest absolute Gasteiger partial charge is 0.266 e. The highest BCUT2D eigenvalue weighted by atomic mass is 32.2. The first-order valence-electron chi connectivity index (χ1n) is 10.5. The van der Waals surface area contributed by atoms with E-state index in [4.69, 9.17) is 0 Å². The predicted octanol–water partition coefficient (Wildman–Crippen LogP) is 4.09. The molecule has 0 fully saturated rings. The Hall–Kier alpha value is -3.71. The Morgan fingerprint density at radius 1 is 0.939 bits per heavy atom. The SMILES string of the molecule is Cc1cc(C)cc(-n2c(SCC(=O)NCC(=O)c3ccccc3)nc3ccccc3c2=O)c1. The van der Waals surface area contributed by atoms with Crippen molar-refractivity contribution in [3.63, 3.8) is 0 Å². The molecule has 1 aromatic heterocycles. The van der Waals surface area contributed by atoms with Crippen LogP contribution in [0.25, 0.3) is 16.6 Å². The molecule has 0 unspecified atom stereocenters. The van der Waals surface area contributed by atoms with Gasteiger partial charge in [0.25, 0.3) is 5.56 Å². The van der Waals surface area contributed by atoms with Crippen molar-refractivity contribution in [2.24, 2.45) is 0 Å². The minimum absolute atomic E-state index is 0.0254. The number of para-hydroxylation sites is 1. The average molecular weight is 458 g/mol. The normalized spacial score (nSPS) is 10.8. The van der Waals surface area contributed by atoms with E-state index >= 15 is 0 Å². The summed E-state index contributed by atoms with van der Waals surface area (Å²) in [4.78, 5) is 42.7. The van der Waals surface area contributed by atoms with Crippen molar-refractivity contribution >= 4 is 34.4 Å². The Morgan fingerprint density at radius 3 is 2.33 bits per heavy atom. The molecular weight excluding hydrogens is 434 g/mol. The molecule has 0 bridgehead atoms. The standard InChI is InChI=1S/C26H23N3O3S/c1-17-12-18(2)14-20(13-17)29-25(32)21-10-6-7-11-22(21)28-26(29)33-16-24(31)27-15-23(30)19-8-4-3-5-9-19/h3-14H,15-16H2,1-2H3,(H,27,31). The van der Waals surface area contributed by atoms with Crippen LogP contribution in [0, 0.1) is 13.8 Å². The van der Waals surface area contributed by atoms with E-state index in [1.807, 2.05) is 44.2 Å². The fraction of sp³-hybridized carbons (Fsp3) is 0.154. The Bertz CT molecular complexity index is 1380. The number of nitrogens with zero attached hydrogens (tertiary/aromatic N) is 2. The van der Waals surface area contributed by atoms with Crippen LogP contribution in [0.3, 0.4) is 0 Å². The Kier molecular flexibility index (Phi) is 6.70. The van der Waals surface area contributed by atoms with Crippen LogP contribution in [-0.4, -0.2) is 33.5 Å². The summed E-state index contributed by atoms with van der Waals surface area (Å²) in [5.41, 5.74) is 3.69. The maximum Gasteiger partial charge on any atom is 0.266 e. The van der Waals surface area contributed by atoms with Gasteiger partial charge in [0.05, 0.1) is 28.9 Å². The van der Waals surface area contributed by atoms with Gasteiger partial charge in [-0.3, -0.25) is 19.0 Å². The number of benzene rings is 3. The maximum atomic E-state index is 13.4. The van der Waals surface area contributed by atoms with Crippen LogP contribution in [-0.2, 0) is 4.79 Å². The molecule has 0 radical (unpaired) electrons. The lowest BCUT2D eigenvalue weighted by atomic mass is 10.1. The van der Waals surface area contributed by atoms with Gasteiger partial charge in [0, 0.05) is 5.56 Å². The van der Waals surface area contributed by atoms with Crippen molar-refractivity contribution in [2.75, 3.05) is 12.3 Å². The molecule has 0 aliphatic rings. The summed E-state index contributed by atoms with van der Waals surface area (Å²) in [5, 5.41) is 3.59. The largest absolute Gasteiger partial charge is 0.348 e. The number of amides is 1. The predicted molar refractivity (Wildman–Crippen MR) is 131 cm³/mol. The number of fused-ring (bicyclic) bond motifs is 1. The summed E-state index contributed by atoms with van der Waals surface area (Å²) in [7, 11) is 0. The molecule has 0 saturated heterocycles. The minimum Gasteiger partial charge on any atom is -0.348 e. The average Bonchev–Trinajstić information content (AvgIpc) is 2.81. The number of nitrogens with one attached hydrogen (secondary N) is 1. The van der Waals surface area contributed by atoms with Gasteiger partial charge >= 0.3 is 0 Å².